The predicted molar refractivity (Wildman–Crippen MR) is 92.1 cm³/mol. The average Bonchev–Trinajstić information content (AvgIpc) is 3.27. The van der Waals surface area contributed by atoms with Crippen molar-refractivity contribution in [1.82, 2.24) is 30.0 Å². The van der Waals surface area contributed by atoms with Crippen LogP contribution in [0.5, 0.6) is 0 Å². The second-order valence-corrected chi connectivity index (χ2v) is 5.66. The van der Waals surface area contributed by atoms with E-state index >= 15 is 0 Å². The summed E-state index contributed by atoms with van der Waals surface area (Å²) in [6.45, 7) is -0.235. The van der Waals surface area contributed by atoms with Gasteiger partial charge in [-0.05, 0) is 24.3 Å². The summed E-state index contributed by atoms with van der Waals surface area (Å²) in [6.07, 6.45) is 0. The van der Waals surface area contributed by atoms with Crippen LogP contribution in [0.15, 0.2) is 48.5 Å². The highest BCUT2D eigenvalue weighted by molar-refractivity contribution is 5.76. The van der Waals surface area contributed by atoms with Gasteiger partial charge in [-0.1, -0.05) is 24.3 Å². The maximum atomic E-state index is 12.5. The third-order valence-corrected chi connectivity index (χ3v) is 3.85. The van der Waals surface area contributed by atoms with Crippen LogP contribution in [0, 0.1) is 0 Å². The normalized spacial score (nSPS) is 12.5. The van der Waals surface area contributed by atoms with Gasteiger partial charge in [0.05, 0.1) is 13.2 Å². The first-order chi connectivity index (χ1) is 12.7. The number of ether oxygens (including phenoxy) is 1. The maximum Gasteiger partial charge on any atom is 0.334 e. The molecule has 9 nitrogen and oxygen atoms in total. The number of aliphatic hydroxyl groups is 1. The molecule has 0 amide bonds. The Labute approximate surface area is 147 Å². The van der Waals surface area contributed by atoms with Gasteiger partial charge in [0.25, 0.3) is 0 Å². The zero-order valence-electron chi connectivity index (χ0n) is 13.8. The van der Waals surface area contributed by atoms with Crippen molar-refractivity contribution in [2.45, 2.75) is 12.6 Å². The quantitative estimate of drug-likeness (QED) is 0.515. The Bertz CT molecular complexity index is 991. The number of aliphatic hydroxyl groups excluding tert-OH is 1. The number of carbonyl (C=O) groups excluding carboxylic acids is 1. The van der Waals surface area contributed by atoms with Gasteiger partial charge < -0.3 is 9.84 Å². The van der Waals surface area contributed by atoms with Crippen molar-refractivity contribution in [3.05, 3.63) is 48.5 Å². The fourth-order valence-corrected chi connectivity index (χ4v) is 2.64. The third-order valence-electron chi connectivity index (χ3n) is 3.85. The van der Waals surface area contributed by atoms with Gasteiger partial charge >= 0.3 is 5.97 Å². The lowest BCUT2D eigenvalue weighted by Crippen LogP contribution is -2.29. The highest BCUT2D eigenvalue weighted by Gasteiger charge is 2.26. The summed E-state index contributed by atoms with van der Waals surface area (Å²) >= 11 is 0. The summed E-state index contributed by atoms with van der Waals surface area (Å²) in [6, 6.07) is 13.9. The molecule has 0 spiro atoms. The molecule has 0 aliphatic carbocycles. The Morgan fingerprint density at radius 2 is 1.42 bits per heavy atom. The number of aromatic nitrogens is 6. The number of benzene rings is 2. The second kappa shape index (κ2) is 6.89. The van der Waals surface area contributed by atoms with Crippen molar-refractivity contribution in [2.75, 3.05) is 13.2 Å². The Morgan fingerprint density at radius 3 is 1.92 bits per heavy atom. The molecule has 4 rings (SSSR count). The number of nitrogens with zero attached hydrogens (tertiary/aromatic N) is 6. The van der Waals surface area contributed by atoms with Crippen LogP contribution in [-0.4, -0.2) is 54.3 Å². The Hall–Kier alpha value is -3.33. The zero-order chi connectivity index (χ0) is 17.9. The molecule has 2 aromatic carbocycles. The average molecular weight is 352 g/mol. The van der Waals surface area contributed by atoms with Crippen molar-refractivity contribution in [3.63, 3.8) is 0 Å². The van der Waals surface area contributed by atoms with E-state index in [4.69, 9.17) is 9.84 Å². The molecule has 1 unspecified atom stereocenters. The van der Waals surface area contributed by atoms with E-state index in [9.17, 15) is 4.79 Å². The third kappa shape index (κ3) is 3.11. The van der Waals surface area contributed by atoms with Gasteiger partial charge in [0.15, 0.2) is 6.04 Å². The SMILES string of the molecule is O=C(OCCO)C(Cn1nc2ccccc2n1)n1nc2ccccc2n1. The zero-order valence-corrected chi connectivity index (χ0v) is 13.8. The maximum absolute atomic E-state index is 12.5. The lowest BCUT2D eigenvalue weighted by atomic mass is 10.3. The van der Waals surface area contributed by atoms with Gasteiger partial charge in [-0.25, -0.2) is 4.79 Å². The van der Waals surface area contributed by atoms with Gasteiger partial charge in [0.2, 0.25) is 0 Å². The van der Waals surface area contributed by atoms with Crippen molar-refractivity contribution in [3.8, 4) is 0 Å². The van der Waals surface area contributed by atoms with Crippen molar-refractivity contribution in [1.29, 1.82) is 0 Å². The van der Waals surface area contributed by atoms with E-state index in [-0.39, 0.29) is 19.8 Å². The second-order valence-electron chi connectivity index (χ2n) is 5.66. The fourth-order valence-electron chi connectivity index (χ4n) is 2.64. The van der Waals surface area contributed by atoms with E-state index < -0.39 is 12.0 Å². The standard InChI is InChI=1S/C17H16N6O3/c24-9-10-26-17(25)16(23-20-14-7-3-4-8-15(14)21-23)11-22-18-12-5-1-2-6-13(12)19-22/h1-8,16,24H,9-11H2. The van der Waals surface area contributed by atoms with E-state index in [1.54, 1.807) is 0 Å². The molecule has 2 aromatic heterocycles. The number of rotatable bonds is 6. The molecule has 0 radical (unpaired) electrons. The van der Waals surface area contributed by atoms with Crippen LogP contribution in [0.2, 0.25) is 0 Å². The van der Waals surface area contributed by atoms with Crippen LogP contribution in [0.3, 0.4) is 0 Å². The number of fused-ring (bicyclic) bond motifs is 2. The van der Waals surface area contributed by atoms with Gasteiger partial charge in [-0.15, -0.1) is 0 Å². The highest BCUT2D eigenvalue weighted by Crippen LogP contribution is 2.16. The molecule has 2 heterocycles. The molecule has 0 saturated heterocycles. The minimum atomic E-state index is -0.851. The Morgan fingerprint density at radius 1 is 0.923 bits per heavy atom. The van der Waals surface area contributed by atoms with Gasteiger partial charge in [-0.3, -0.25) is 0 Å². The first-order valence-electron chi connectivity index (χ1n) is 8.13. The molecule has 1 atom stereocenters. The van der Waals surface area contributed by atoms with Gasteiger partial charge in [0.1, 0.15) is 28.7 Å². The summed E-state index contributed by atoms with van der Waals surface area (Å²) in [5, 5.41) is 26.4. The molecule has 0 aliphatic rings. The molecular formula is C17H16N6O3. The topological polar surface area (TPSA) is 108 Å². The highest BCUT2D eigenvalue weighted by atomic mass is 16.5. The van der Waals surface area contributed by atoms with E-state index in [0.717, 1.165) is 11.0 Å². The molecule has 132 valence electrons. The van der Waals surface area contributed by atoms with E-state index in [1.165, 1.54) is 9.59 Å². The van der Waals surface area contributed by atoms with Crippen molar-refractivity contribution < 1.29 is 14.6 Å². The monoisotopic (exact) mass is 352 g/mol. The van der Waals surface area contributed by atoms with Crippen LogP contribution < -0.4 is 0 Å². The van der Waals surface area contributed by atoms with Crippen LogP contribution in [0.1, 0.15) is 6.04 Å². The molecule has 1 N–H and O–H groups in total. The largest absolute Gasteiger partial charge is 0.462 e. The van der Waals surface area contributed by atoms with Gasteiger partial charge in [0, 0.05) is 0 Å². The van der Waals surface area contributed by atoms with Crippen LogP contribution in [0.4, 0.5) is 0 Å². The van der Waals surface area contributed by atoms with Crippen molar-refractivity contribution in [2.24, 2.45) is 0 Å². The molecule has 26 heavy (non-hydrogen) atoms. The lowest BCUT2D eigenvalue weighted by molar-refractivity contribution is -0.150. The van der Waals surface area contributed by atoms with Crippen LogP contribution in [-0.2, 0) is 16.1 Å². The smallest absolute Gasteiger partial charge is 0.334 e. The predicted octanol–water partition coefficient (Wildman–Crippen LogP) is 0.953. The first-order valence-corrected chi connectivity index (χ1v) is 8.13. The Kier molecular flexibility index (Phi) is 4.28. The lowest BCUT2D eigenvalue weighted by Gasteiger charge is -2.14. The molecule has 4 aromatic rings. The fraction of sp³-hybridized carbons (Fsp3) is 0.235. The molecule has 0 saturated carbocycles. The molecular weight excluding hydrogens is 336 g/mol. The minimum absolute atomic E-state index is 0.0926. The van der Waals surface area contributed by atoms with Crippen LogP contribution >= 0.6 is 0 Å². The first kappa shape index (κ1) is 16.2. The number of hydrogen-bond acceptors (Lipinski definition) is 7. The molecule has 0 aliphatic heterocycles. The summed E-state index contributed by atoms with van der Waals surface area (Å²) < 4.78 is 5.09. The molecule has 0 fully saturated rings. The number of hydrogen-bond donors (Lipinski definition) is 1. The summed E-state index contributed by atoms with van der Waals surface area (Å²) in [5.74, 6) is -0.555. The van der Waals surface area contributed by atoms with Crippen LogP contribution in [0.25, 0.3) is 22.1 Å². The van der Waals surface area contributed by atoms with Crippen molar-refractivity contribution >= 4 is 28.0 Å². The van der Waals surface area contributed by atoms with Gasteiger partial charge in [-0.2, -0.15) is 30.0 Å². The molecule has 0 bridgehead atoms. The minimum Gasteiger partial charge on any atom is -0.462 e. The summed E-state index contributed by atoms with van der Waals surface area (Å²) in [5.41, 5.74) is 2.80. The summed E-state index contributed by atoms with van der Waals surface area (Å²) in [7, 11) is 0. The van der Waals surface area contributed by atoms with E-state index in [2.05, 4.69) is 20.4 Å². The number of esters is 1. The Balaban J connectivity index is 1.68. The number of carbonyl (C=O) groups is 1. The summed E-state index contributed by atoms with van der Waals surface area (Å²) in [4.78, 5) is 15.2. The van der Waals surface area contributed by atoms with E-state index in [1.807, 2.05) is 48.5 Å². The molecule has 9 heteroatoms. The van der Waals surface area contributed by atoms with E-state index in [0.29, 0.717) is 11.0 Å².